The van der Waals surface area contributed by atoms with E-state index in [1.54, 1.807) is 0 Å². The second-order valence-electron chi connectivity index (χ2n) is 8.66. The minimum atomic E-state index is 0.680. The van der Waals surface area contributed by atoms with Crippen LogP contribution in [0.25, 0.3) is 0 Å². The van der Waals surface area contributed by atoms with E-state index in [1.165, 1.54) is 50.8 Å². The Morgan fingerprint density at radius 3 is 2.67 bits per heavy atom. The molecule has 4 atom stereocenters. The molecular weight excluding hydrogens is 292 g/mol. The third kappa shape index (κ3) is 4.83. The molecule has 2 aliphatic rings. The van der Waals surface area contributed by atoms with E-state index in [9.17, 15) is 0 Å². The number of piperidine rings is 1. The Kier molecular flexibility index (Phi) is 6.35. The summed E-state index contributed by atoms with van der Waals surface area (Å²) < 4.78 is 0. The number of likely N-dealkylation sites (tertiary alicyclic amines) is 1. The Labute approximate surface area is 149 Å². The fourth-order valence-electron chi connectivity index (χ4n) is 4.87. The number of hydrogen-bond donors (Lipinski definition) is 1. The molecule has 2 heteroatoms. The molecule has 0 bridgehead atoms. The van der Waals surface area contributed by atoms with Crippen molar-refractivity contribution in [2.75, 3.05) is 13.1 Å². The maximum Gasteiger partial charge on any atom is 0.0234 e. The highest BCUT2D eigenvalue weighted by atomic mass is 15.2. The van der Waals surface area contributed by atoms with E-state index in [2.05, 4.69) is 61.3 Å². The topological polar surface area (TPSA) is 15.3 Å². The first kappa shape index (κ1) is 17.9. The van der Waals surface area contributed by atoms with E-state index in [0.717, 1.165) is 30.3 Å². The largest absolute Gasteiger partial charge is 0.310 e. The molecule has 1 saturated heterocycles. The van der Waals surface area contributed by atoms with Crippen LogP contribution in [0.5, 0.6) is 0 Å². The summed E-state index contributed by atoms with van der Waals surface area (Å²) in [5.74, 6) is 2.56. The number of nitrogens with zero attached hydrogens (tertiary/aromatic N) is 1. The summed E-state index contributed by atoms with van der Waals surface area (Å²) in [7, 11) is 0. The second-order valence-corrected chi connectivity index (χ2v) is 8.66. The van der Waals surface area contributed by atoms with E-state index in [4.69, 9.17) is 0 Å². The molecule has 0 radical (unpaired) electrons. The summed E-state index contributed by atoms with van der Waals surface area (Å²) in [6, 6.07) is 12.4. The minimum Gasteiger partial charge on any atom is -0.310 e. The van der Waals surface area contributed by atoms with Gasteiger partial charge in [0.2, 0.25) is 0 Å². The van der Waals surface area contributed by atoms with Gasteiger partial charge >= 0.3 is 0 Å². The van der Waals surface area contributed by atoms with Crippen molar-refractivity contribution >= 4 is 0 Å². The van der Waals surface area contributed by atoms with Gasteiger partial charge in [-0.3, -0.25) is 4.90 Å². The van der Waals surface area contributed by atoms with Gasteiger partial charge in [0.25, 0.3) is 0 Å². The predicted octanol–water partition coefficient (Wildman–Crippen LogP) is 4.70. The highest BCUT2D eigenvalue weighted by Gasteiger charge is 2.32. The predicted molar refractivity (Wildman–Crippen MR) is 103 cm³/mol. The second kappa shape index (κ2) is 8.49. The first-order valence-corrected chi connectivity index (χ1v) is 10.1. The van der Waals surface area contributed by atoms with Crippen LogP contribution < -0.4 is 5.32 Å². The summed E-state index contributed by atoms with van der Waals surface area (Å²) in [4.78, 5) is 2.65. The van der Waals surface area contributed by atoms with Gasteiger partial charge in [0.1, 0.15) is 0 Å². The average Bonchev–Trinajstić information content (AvgIpc) is 2.56. The van der Waals surface area contributed by atoms with E-state index in [-0.39, 0.29) is 0 Å². The van der Waals surface area contributed by atoms with Gasteiger partial charge in [-0.15, -0.1) is 0 Å². The molecule has 2 fully saturated rings. The van der Waals surface area contributed by atoms with Crippen LogP contribution in [0.3, 0.4) is 0 Å². The van der Waals surface area contributed by atoms with Gasteiger partial charge in [-0.25, -0.2) is 0 Å². The molecule has 134 valence electrons. The zero-order chi connectivity index (χ0) is 16.9. The molecular formula is C22H36N2. The molecule has 4 unspecified atom stereocenters. The fourth-order valence-corrected chi connectivity index (χ4v) is 4.87. The molecule has 1 N–H and O–H groups in total. The molecule has 24 heavy (non-hydrogen) atoms. The molecule has 1 heterocycles. The Morgan fingerprint density at radius 2 is 1.92 bits per heavy atom. The lowest BCUT2D eigenvalue weighted by Crippen LogP contribution is -2.53. The van der Waals surface area contributed by atoms with Crippen molar-refractivity contribution < 1.29 is 0 Å². The summed E-state index contributed by atoms with van der Waals surface area (Å²) in [6.45, 7) is 10.8. The fraction of sp³-hybridized carbons (Fsp3) is 0.727. The number of hydrogen-bond acceptors (Lipinski definition) is 2. The van der Waals surface area contributed by atoms with Gasteiger partial charge in [-0.2, -0.15) is 0 Å². The molecule has 2 nitrogen and oxygen atoms in total. The summed E-state index contributed by atoms with van der Waals surface area (Å²) >= 11 is 0. The summed E-state index contributed by atoms with van der Waals surface area (Å²) in [6.07, 6.45) is 6.89. The third-order valence-corrected chi connectivity index (χ3v) is 6.23. The van der Waals surface area contributed by atoms with Crippen molar-refractivity contribution in [2.24, 2.45) is 17.8 Å². The molecule has 1 aromatic rings. The maximum absolute atomic E-state index is 4.09. The van der Waals surface area contributed by atoms with Gasteiger partial charge in [-0.1, -0.05) is 57.5 Å². The van der Waals surface area contributed by atoms with Gasteiger partial charge in [0.15, 0.2) is 0 Å². The highest BCUT2D eigenvalue weighted by Crippen LogP contribution is 2.34. The Balaban J connectivity index is 1.56. The van der Waals surface area contributed by atoms with Crippen molar-refractivity contribution in [1.29, 1.82) is 0 Å². The SMILES string of the molecule is CC1CCC(C(C)C)C(NC2CCCN(Cc3ccccc3)C2)C1. The van der Waals surface area contributed by atoms with E-state index >= 15 is 0 Å². The normalized spacial score (nSPS) is 32.2. The lowest BCUT2D eigenvalue weighted by molar-refractivity contribution is 0.123. The molecule has 0 aromatic heterocycles. The maximum atomic E-state index is 4.09. The standard InChI is InChI=1S/C22H36N2/c1-17(2)21-12-11-18(3)14-22(21)23-20-10-7-13-24(16-20)15-19-8-5-4-6-9-19/h4-6,8-9,17-18,20-23H,7,10-16H2,1-3H3. The number of rotatable bonds is 5. The zero-order valence-corrected chi connectivity index (χ0v) is 15.9. The molecule has 3 rings (SSSR count). The van der Waals surface area contributed by atoms with Crippen molar-refractivity contribution in [3.63, 3.8) is 0 Å². The Morgan fingerprint density at radius 1 is 1.12 bits per heavy atom. The van der Waals surface area contributed by atoms with Gasteiger partial charge < -0.3 is 5.32 Å². The third-order valence-electron chi connectivity index (χ3n) is 6.23. The van der Waals surface area contributed by atoms with E-state index < -0.39 is 0 Å². The van der Waals surface area contributed by atoms with Crippen molar-refractivity contribution in [2.45, 2.75) is 71.5 Å². The van der Waals surface area contributed by atoms with Crippen molar-refractivity contribution in [3.8, 4) is 0 Å². The van der Waals surface area contributed by atoms with Gasteiger partial charge in [-0.05, 0) is 55.5 Å². The van der Waals surface area contributed by atoms with Crippen LogP contribution in [-0.4, -0.2) is 30.1 Å². The van der Waals surface area contributed by atoms with Crippen LogP contribution in [0.2, 0.25) is 0 Å². The number of nitrogens with one attached hydrogen (secondary N) is 1. The molecule has 0 amide bonds. The highest BCUT2D eigenvalue weighted by molar-refractivity contribution is 5.14. The lowest BCUT2D eigenvalue weighted by Gasteiger charge is -2.42. The zero-order valence-electron chi connectivity index (χ0n) is 15.9. The first-order chi connectivity index (χ1) is 11.6. The first-order valence-electron chi connectivity index (χ1n) is 10.1. The number of benzene rings is 1. The Bertz CT molecular complexity index is 484. The molecule has 1 saturated carbocycles. The van der Waals surface area contributed by atoms with Crippen LogP contribution in [-0.2, 0) is 6.54 Å². The van der Waals surface area contributed by atoms with Crippen LogP contribution in [0.4, 0.5) is 0 Å². The molecule has 0 spiro atoms. The quantitative estimate of drug-likeness (QED) is 0.842. The van der Waals surface area contributed by atoms with Crippen LogP contribution >= 0.6 is 0 Å². The molecule has 1 aliphatic carbocycles. The summed E-state index contributed by atoms with van der Waals surface area (Å²) in [5, 5.41) is 4.09. The van der Waals surface area contributed by atoms with Crippen LogP contribution in [0, 0.1) is 17.8 Å². The van der Waals surface area contributed by atoms with Gasteiger partial charge in [0.05, 0.1) is 0 Å². The average molecular weight is 329 g/mol. The van der Waals surface area contributed by atoms with Crippen LogP contribution in [0.1, 0.15) is 58.4 Å². The molecule has 1 aliphatic heterocycles. The minimum absolute atomic E-state index is 0.680. The van der Waals surface area contributed by atoms with Gasteiger partial charge in [0, 0.05) is 25.2 Å². The summed E-state index contributed by atoms with van der Waals surface area (Å²) in [5.41, 5.74) is 1.45. The smallest absolute Gasteiger partial charge is 0.0234 e. The van der Waals surface area contributed by atoms with Crippen LogP contribution in [0.15, 0.2) is 30.3 Å². The monoisotopic (exact) mass is 328 g/mol. The van der Waals surface area contributed by atoms with E-state index in [1.807, 2.05) is 0 Å². The lowest BCUT2D eigenvalue weighted by atomic mass is 9.73. The van der Waals surface area contributed by atoms with Crippen molar-refractivity contribution in [3.05, 3.63) is 35.9 Å². The molecule has 1 aromatic carbocycles. The van der Waals surface area contributed by atoms with Crippen molar-refractivity contribution in [1.82, 2.24) is 10.2 Å². The Hall–Kier alpha value is -0.860. The van der Waals surface area contributed by atoms with E-state index in [0.29, 0.717) is 6.04 Å².